The number of urea groups is 1. The molecule has 116 valence electrons. The number of carbonyl (C=O) groups is 3. The summed E-state index contributed by atoms with van der Waals surface area (Å²) in [4.78, 5) is 35.6. The molecule has 0 unspecified atom stereocenters. The molecule has 0 bridgehead atoms. The van der Waals surface area contributed by atoms with Gasteiger partial charge >= 0.3 is 6.03 Å². The second kappa shape index (κ2) is 11.3. The molecule has 0 aliphatic rings. The van der Waals surface area contributed by atoms with E-state index >= 15 is 0 Å². The topological polar surface area (TPSA) is 92.5 Å². The number of nitrogens with one attached hydrogen (secondary N) is 1. The number of ketones is 1. The van der Waals surface area contributed by atoms with Crippen LogP contribution in [0.25, 0.3) is 0 Å². The maximum atomic E-state index is 11.8. The van der Waals surface area contributed by atoms with Crippen molar-refractivity contribution in [3.8, 4) is 0 Å². The average molecular weight is 285 g/mol. The van der Waals surface area contributed by atoms with Crippen LogP contribution in [0, 0.1) is 0 Å². The molecule has 20 heavy (non-hydrogen) atoms. The Morgan fingerprint density at radius 3 is 2.20 bits per heavy atom. The molecule has 0 saturated carbocycles. The maximum Gasteiger partial charge on any atom is 0.318 e. The van der Waals surface area contributed by atoms with Crippen molar-refractivity contribution in [3.63, 3.8) is 0 Å². The molecule has 6 heteroatoms. The summed E-state index contributed by atoms with van der Waals surface area (Å²) in [6, 6.07) is -0.425. The molecule has 0 aliphatic heterocycles. The number of hydrogen-bond acceptors (Lipinski definition) is 3. The lowest BCUT2D eigenvalue weighted by Gasteiger charge is -2.20. The van der Waals surface area contributed by atoms with E-state index in [0.29, 0.717) is 13.0 Å². The van der Waals surface area contributed by atoms with Crippen molar-refractivity contribution in [1.82, 2.24) is 10.2 Å². The molecule has 3 amide bonds. The van der Waals surface area contributed by atoms with E-state index in [4.69, 9.17) is 5.73 Å². The van der Waals surface area contributed by atoms with Gasteiger partial charge in [0.2, 0.25) is 5.91 Å². The fraction of sp³-hybridized carbons (Fsp3) is 0.786. The number of carbonyl (C=O) groups excluding carboxylic acids is 3. The normalized spacial score (nSPS) is 10.1. The van der Waals surface area contributed by atoms with E-state index in [9.17, 15) is 14.4 Å². The van der Waals surface area contributed by atoms with Crippen LogP contribution < -0.4 is 11.1 Å². The van der Waals surface area contributed by atoms with Crippen molar-refractivity contribution in [1.29, 1.82) is 0 Å². The van der Waals surface area contributed by atoms with Gasteiger partial charge in [0.25, 0.3) is 0 Å². The minimum Gasteiger partial charge on any atom is -0.368 e. The Hall–Kier alpha value is -1.59. The molecular formula is C14H27N3O3. The number of rotatable bonds is 11. The molecule has 0 fully saturated rings. The molecular weight excluding hydrogens is 258 g/mol. The molecule has 0 aromatic rings. The van der Waals surface area contributed by atoms with Gasteiger partial charge in [-0.1, -0.05) is 32.6 Å². The molecule has 0 spiro atoms. The quantitative estimate of drug-likeness (QED) is 0.562. The summed E-state index contributed by atoms with van der Waals surface area (Å²) in [5, 5.41) is 2.57. The van der Waals surface area contributed by atoms with Gasteiger partial charge in [-0.25, -0.2) is 4.79 Å². The van der Waals surface area contributed by atoms with Crippen molar-refractivity contribution < 1.29 is 14.4 Å². The van der Waals surface area contributed by atoms with Gasteiger partial charge in [-0.3, -0.25) is 9.59 Å². The van der Waals surface area contributed by atoms with Gasteiger partial charge in [-0.2, -0.15) is 0 Å². The van der Waals surface area contributed by atoms with Crippen LogP contribution in [-0.4, -0.2) is 42.3 Å². The summed E-state index contributed by atoms with van der Waals surface area (Å²) in [7, 11) is 0. The third kappa shape index (κ3) is 9.35. The lowest BCUT2D eigenvalue weighted by Crippen LogP contribution is -2.46. The number of unbranched alkanes of at least 4 members (excludes halogenated alkanes) is 4. The third-order valence-electron chi connectivity index (χ3n) is 2.89. The predicted molar refractivity (Wildman–Crippen MR) is 78.2 cm³/mol. The predicted octanol–water partition coefficient (Wildman–Crippen LogP) is 1.43. The van der Waals surface area contributed by atoms with Crippen LogP contribution in [0.5, 0.6) is 0 Å². The molecule has 0 saturated heterocycles. The second-order valence-electron chi connectivity index (χ2n) is 4.86. The first-order chi connectivity index (χ1) is 9.51. The highest BCUT2D eigenvalue weighted by Gasteiger charge is 2.18. The van der Waals surface area contributed by atoms with Crippen molar-refractivity contribution in [2.45, 2.75) is 52.4 Å². The van der Waals surface area contributed by atoms with Crippen molar-refractivity contribution in [3.05, 3.63) is 0 Å². The van der Waals surface area contributed by atoms with Crippen molar-refractivity contribution in [2.24, 2.45) is 5.73 Å². The zero-order chi connectivity index (χ0) is 15.4. The maximum absolute atomic E-state index is 11.8. The second-order valence-corrected chi connectivity index (χ2v) is 4.86. The van der Waals surface area contributed by atoms with E-state index in [1.165, 1.54) is 11.3 Å². The highest BCUT2D eigenvalue weighted by molar-refractivity contribution is 5.88. The van der Waals surface area contributed by atoms with E-state index in [1.54, 1.807) is 6.92 Å². The molecule has 0 atom stereocenters. The molecule has 0 aliphatic carbocycles. The van der Waals surface area contributed by atoms with E-state index in [0.717, 1.165) is 25.7 Å². The highest BCUT2D eigenvalue weighted by Crippen LogP contribution is 2.06. The van der Waals surface area contributed by atoms with E-state index < -0.39 is 11.9 Å². The van der Waals surface area contributed by atoms with Gasteiger partial charge < -0.3 is 16.0 Å². The van der Waals surface area contributed by atoms with Crippen LogP contribution in [-0.2, 0) is 9.59 Å². The number of primary amides is 1. The molecule has 0 radical (unpaired) electrons. The number of amides is 3. The number of nitrogens with two attached hydrogens (primary N) is 1. The minimum atomic E-state index is -0.619. The zero-order valence-electron chi connectivity index (χ0n) is 12.6. The molecule has 3 N–H and O–H groups in total. The molecule has 0 rings (SSSR count). The lowest BCUT2D eigenvalue weighted by atomic mass is 10.1. The fourth-order valence-electron chi connectivity index (χ4n) is 1.87. The first-order valence-electron chi connectivity index (χ1n) is 7.34. The van der Waals surface area contributed by atoms with Gasteiger partial charge in [0.15, 0.2) is 5.78 Å². The van der Waals surface area contributed by atoms with Gasteiger partial charge in [0, 0.05) is 13.0 Å². The summed E-state index contributed by atoms with van der Waals surface area (Å²) >= 11 is 0. The monoisotopic (exact) mass is 285 g/mol. The molecule has 6 nitrogen and oxygen atoms in total. The van der Waals surface area contributed by atoms with E-state index in [-0.39, 0.29) is 18.9 Å². The van der Waals surface area contributed by atoms with Crippen LogP contribution in [0.4, 0.5) is 4.79 Å². The van der Waals surface area contributed by atoms with Crippen LogP contribution in [0.1, 0.15) is 52.4 Å². The SMILES string of the molecule is CCCCCCCC(=O)CN(CC(N)=O)C(=O)NCC. The van der Waals surface area contributed by atoms with E-state index in [2.05, 4.69) is 12.2 Å². The molecule has 0 aromatic heterocycles. The highest BCUT2D eigenvalue weighted by atomic mass is 16.2. The Labute approximate surface area is 121 Å². The standard InChI is InChI=1S/C14H27N3O3/c1-3-5-6-7-8-9-12(18)10-17(11-13(15)19)14(20)16-4-2/h3-11H2,1-2H3,(H2,15,19)(H,16,20). The third-order valence-corrected chi connectivity index (χ3v) is 2.89. The van der Waals surface area contributed by atoms with E-state index in [1.807, 2.05) is 0 Å². The smallest absolute Gasteiger partial charge is 0.318 e. The van der Waals surface area contributed by atoms with Crippen LogP contribution >= 0.6 is 0 Å². The molecule has 0 heterocycles. The first kappa shape index (κ1) is 18.4. The summed E-state index contributed by atoms with van der Waals surface area (Å²) in [5.41, 5.74) is 5.09. The van der Waals surface area contributed by atoms with Crippen molar-refractivity contribution >= 4 is 17.7 Å². The summed E-state index contributed by atoms with van der Waals surface area (Å²) in [6.07, 6.45) is 5.77. The number of hydrogen-bond donors (Lipinski definition) is 2. The summed E-state index contributed by atoms with van der Waals surface area (Å²) in [5.74, 6) is -0.652. The van der Waals surface area contributed by atoms with Crippen LogP contribution in [0.15, 0.2) is 0 Å². The number of nitrogens with zero attached hydrogens (tertiary/aromatic N) is 1. The largest absolute Gasteiger partial charge is 0.368 e. The van der Waals surface area contributed by atoms with Crippen LogP contribution in [0.2, 0.25) is 0 Å². The zero-order valence-corrected chi connectivity index (χ0v) is 12.6. The Kier molecular flexibility index (Phi) is 10.4. The summed E-state index contributed by atoms with van der Waals surface area (Å²) < 4.78 is 0. The Morgan fingerprint density at radius 1 is 1.00 bits per heavy atom. The molecule has 0 aromatic carbocycles. The van der Waals surface area contributed by atoms with Gasteiger partial charge in [-0.15, -0.1) is 0 Å². The minimum absolute atomic E-state index is 0.0333. The average Bonchev–Trinajstić information content (AvgIpc) is 2.37. The number of Topliss-reactive ketones (excluding diaryl/α,β-unsaturated/α-hetero) is 1. The Bertz CT molecular complexity index is 319. The first-order valence-corrected chi connectivity index (χ1v) is 7.34. The fourth-order valence-corrected chi connectivity index (χ4v) is 1.87. The van der Waals surface area contributed by atoms with Gasteiger partial charge in [0.1, 0.15) is 6.54 Å². The van der Waals surface area contributed by atoms with Crippen LogP contribution in [0.3, 0.4) is 0 Å². The summed E-state index contributed by atoms with van der Waals surface area (Å²) in [6.45, 7) is 4.07. The lowest BCUT2D eigenvalue weighted by molar-refractivity contribution is -0.121. The van der Waals surface area contributed by atoms with Gasteiger partial charge in [0.05, 0.1) is 6.54 Å². The van der Waals surface area contributed by atoms with Gasteiger partial charge in [-0.05, 0) is 13.3 Å². The Morgan fingerprint density at radius 2 is 1.65 bits per heavy atom. The van der Waals surface area contributed by atoms with Crippen molar-refractivity contribution in [2.75, 3.05) is 19.6 Å². The Balaban J connectivity index is 4.11.